The van der Waals surface area contributed by atoms with E-state index in [0.29, 0.717) is 11.3 Å². The number of hydrogen-bond donors (Lipinski definition) is 0. The fraction of sp³-hybridized carbons (Fsp3) is 0. The maximum Gasteiger partial charge on any atom is 0.0265 e. The van der Waals surface area contributed by atoms with Crippen molar-refractivity contribution in [2.24, 2.45) is 0 Å². The molecule has 0 N–H and O–H groups in total. The van der Waals surface area contributed by atoms with Crippen molar-refractivity contribution >= 4 is 11.0 Å². The van der Waals surface area contributed by atoms with Gasteiger partial charge in [0.1, 0.15) is 0 Å². The van der Waals surface area contributed by atoms with Crippen molar-refractivity contribution in [2.45, 2.75) is 0 Å². The maximum atomic E-state index is 4.42. The summed E-state index contributed by atoms with van der Waals surface area (Å²) in [5.74, 6) is 0. The van der Waals surface area contributed by atoms with Crippen LogP contribution in [0.1, 0.15) is 0 Å². The van der Waals surface area contributed by atoms with Crippen LogP contribution in [0.15, 0.2) is 36.8 Å². The second kappa shape index (κ2) is 5.38. The third-order valence-electron chi connectivity index (χ3n) is 2.16. The van der Waals surface area contributed by atoms with E-state index in [1.165, 1.54) is 6.33 Å². The molecule has 0 atom stereocenters. The van der Waals surface area contributed by atoms with Gasteiger partial charge < -0.3 is 19.9 Å². The van der Waals surface area contributed by atoms with Gasteiger partial charge in [0, 0.05) is 44.6 Å². The second-order valence-electron chi connectivity index (χ2n) is 3.22. The SMILES string of the molecule is [Y].[c-]1ncncc1-c1[c-]nc2ccccc2n1. The van der Waals surface area contributed by atoms with Crippen molar-refractivity contribution in [3.63, 3.8) is 0 Å². The zero-order valence-corrected chi connectivity index (χ0v) is 11.7. The molecule has 0 spiro atoms. The monoisotopic (exact) mass is 295 g/mol. The van der Waals surface area contributed by atoms with Crippen LogP contribution in [-0.4, -0.2) is 19.9 Å². The molecule has 0 fully saturated rings. The molecular weight excluding hydrogens is 289 g/mol. The van der Waals surface area contributed by atoms with E-state index in [9.17, 15) is 0 Å². The molecule has 0 saturated carbocycles. The number of benzene rings is 1. The molecule has 0 unspecified atom stereocenters. The summed E-state index contributed by atoms with van der Waals surface area (Å²) in [6, 6.07) is 7.64. The minimum absolute atomic E-state index is 0. The Labute approximate surface area is 123 Å². The predicted molar refractivity (Wildman–Crippen MR) is 58.2 cm³/mol. The molecule has 79 valence electrons. The van der Waals surface area contributed by atoms with Crippen LogP contribution < -0.4 is 0 Å². The van der Waals surface area contributed by atoms with Gasteiger partial charge in [-0.25, -0.2) is 0 Å². The number of fused-ring (bicyclic) bond motifs is 1. The Bertz CT molecular complexity index is 627. The van der Waals surface area contributed by atoms with Crippen molar-refractivity contribution in [1.29, 1.82) is 0 Å². The fourth-order valence-corrected chi connectivity index (χ4v) is 1.41. The molecule has 2 aromatic heterocycles. The van der Waals surface area contributed by atoms with E-state index in [4.69, 9.17) is 0 Å². The Morgan fingerprint density at radius 3 is 2.59 bits per heavy atom. The van der Waals surface area contributed by atoms with Crippen LogP contribution >= 0.6 is 0 Å². The van der Waals surface area contributed by atoms with Gasteiger partial charge in [-0.2, -0.15) is 5.56 Å². The summed E-state index contributed by atoms with van der Waals surface area (Å²) < 4.78 is 0. The van der Waals surface area contributed by atoms with Gasteiger partial charge in [0.15, 0.2) is 0 Å². The van der Waals surface area contributed by atoms with Crippen LogP contribution in [0.4, 0.5) is 0 Å². The van der Waals surface area contributed by atoms with E-state index in [0.717, 1.165) is 11.0 Å². The molecule has 0 amide bonds. The topological polar surface area (TPSA) is 51.6 Å². The quantitative estimate of drug-likeness (QED) is 0.641. The summed E-state index contributed by atoms with van der Waals surface area (Å²) >= 11 is 0. The van der Waals surface area contributed by atoms with Gasteiger partial charge >= 0.3 is 0 Å². The van der Waals surface area contributed by atoms with Crippen LogP contribution in [0.3, 0.4) is 0 Å². The third-order valence-corrected chi connectivity index (χ3v) is 2.16. The first-order valence-corrected chi connectivity index (χ1v) is 4.76. The maximum absolute atomic E-state index is 4.42. The molecule has 0 aliphatic rings. The normalized spacial score (nSPS) is 9.88. The summed E-state index contributed by atoms with van der Waals surface area (Å²) in [6.45, 7) is 0. The van der Waals surface area contributed by atoms with E-state index in [2.05, 4.69) is 32.3 Å². The molecular formula is C12H6N4Y-2. The minimum atomic E-state index is 0. The molecule has 1 aromatic carbocycles. The van der Waals surface area contributed by atoms with Crippen LogP contribution in [-0.2, 0) is 32.7 Å². The van der Waals surface area contributed by atoms with Crippen LogP contribution in [0, 0.1) is 12.4 Å². The van der Waals surface area contributed by atoms with Gasteiger partial charge in [0.05, 0.1) is 0 Å². The molecule has 2 heterocycles. The van der Waals surface area contributed by atoms with Gasteiger partial charge in [0.2, 0.25) is 0 Å². The van der Waals surface area contributed by atoms with Crippen molar-refractivity contribution in [3.05, 3.63) is 49.2 Å². The molecule has 0 saturated heterocycles. The third kappa shape index (κ3) is 2.53. The molecule has 17 heavy (non-hydrogen) atoms. The first-order valence-electron chi connectivity index (χ1n) is 4.76. The standard InChI is InChI=1S/C12H6N4.Y/c1-2-4-11-10(3-1)15-7-12(16-11)9-5-13-8-14-6-9;/h1-5,8H;/q-2;. The van der Waals surface area contributed by atoms with Crippen LogP contribution in [0.5, 0.6) is 0 Å². The number of rotatable bonds is 1. The first-order chi connectivity index (χ1) is 7.93. The zero-order chi connectivity index (χ0) is 10.8. The predicted octanol–water partition coefficient (Wildman–Crippen LogP) is 1.68. The average Bonchev–Trinajstić information content (AvgIpc) is 2.39. The van der Waals surface area contributed by atoms with E-state index < -0.39 is 0 Å². The molecule has 0 aliphatic carbocycles. The summed E-state index contributed by atoms with van der Waals surface area (Å²) in [7, 11) is 0. The number of hydrogen-bond acceptors (Lipinski definition) is 4. The van der Waals surface area contributed by atoms with E-state index in [1.807, 2.05) is 24.3 Å². The molecule has 1 radical (unpaired) electrons. The van der Waals surface area contributed by atoms with Crippen molar-refractivity contribution < 1.29 is 32.7 Å². The summed E-state index contributed by atoms with van der Waals surface area (Å²) in [4.78, 5) is 16.3. The molecule has 3 rings (SSSR count). The van der Waals surface area contributed by atoms with Gasteiger partial charge in [-0.05, 0) is 11.6 Å². The molecule has 3 aromatic rings. The molecule has 0 bridgehead atoms. The minimum Gasteiger partial charge on any atom is -0.392 e. The fourth-order valence-electron chi connectivity index (χ4n) is 1.41. The van der Waals surface area contributed by atoms with Crippen molar-refractivity contribution in [3.8, 4) is 11.3 Å². The Morgan fingerprint density at radius 1 is 1.00 bits per heavy atom. The van der Waals surface area contributed by atoms with Gasteiger partial charge in [-0.1, -0.05) is 18.2 Å². The van der Waals surface area contributed by atoms with Crippen LogP contribution in [0.2, 0.25) is 0 Å². The second-order valence-corrected chi connectivity index (χ2v) is 3.22. The van der Waals surface area contributed by atoms with Crippen LogP contribution in [0.25, 0.3) is 22.3 Å². The van der Waals surface area contributed by atoms with Gasteiger partial charge in [-0.3, -0.25) is 0 Å². The number of para-hydroxylation sites is 2. The average molecular weight is 295 g/mol. The molecule has 5 heteroatoms. The van der Waals surface area contributed by atoms with Gasteiger partial charge in [0.25, 0.3) is 0 Å². The van der Waals surface area contributed by atoms with Crippen molar-refractivity contribution in [1.82, 2.24) is 19.9 Å². The number of nitrogens with zero attached hydrogens (tertiary/aromatic N) is 4. The first kappa shape index (κ1) is 12.2. The zero-order valence-electron chi connectivity index (χ0n) is 8.83. The number of aromatic nitrogens is 4. The van der Waals surface area contributed by atoms with Crippen molar-refractivity contribution in [2.75, 3.05) is 0 Å². The smallest absolute Gasteiger partial charge is 0.0265 e. The van der Waals surface area contributed by atoms with Gasteiger partial charge in [-0.15, -0.1) is 24.3 Å². The van der Waals surface area contributed by atoms with E-state index in [1.54, 1.807) is 6.20 Å². The largest absolute Gasteiger partial charge is 0.392 e. The Kier molecular flexibility index (Phi) is 3.87. The molecule has 4 nitrogen and oxygen atoms in total. The summed E-state index contributed by atoms with van der Waals surface area (Å²) in [5.41, 5.74) is 2.96. The summed E-state index contributed by atoms with van der Waals surface area (Å²) in [5, 5.41) is 0. The van der Waals surface area contributed by atoms with E-state index in [-0.39, 0.29) is 32.7 Å². The molecule has 0 aliphatic heterocycles. The van der Waals surface area contributed by atoms with E-state index >= 15 is 0 Å². The Morgan fingerprint density at radius 2 is 1.82 bits per heavy atom. The summed E-state index contributed by atoms with van der Waals surface area (Å²) in [6.07, 6.45) is 8.73. The Balaban J connectivity index is 0.00000108. The Hall–Kier alpha value is -1.26.